The zero-order valence-electron chi connectivity index (χ0n) is 17.0. The van der Waals surface area contributed by atoms with E-state index in [4.69, 9.17) is 0 Å². The van der Waals surface area contributed by atoms with E-state index in [2.05, 4.69) is 15.4 Å². The molecule has 3 aromatic rings. The van der Waals surface area contributed by atoms with Crippen LogP contribution in [0.5, 0.6) is 0 Å². The van der Waals surface area contributed by atoms with Crippen molar-refractivity contribution in [3.8, 4) is 0 Å². The lowest BCUT2D eigenvalue weighted by Crippen LogP contribution is -2.45. The summed E-state index contributed by atoms with van der Waals surface area (Å²) in [5, 5.41) is 8.41. The number of para-hydroxylation sites is 1. The van der Waals surface area contributed by atoms with Crippen LogP contribution in [-0.4, -0.2) is 44.6 Å². The Kier molecular flexibility index (Phi) is 4.53. The molecule has 1 N–H and O–H groups in total. The Labute approximate surface area is 175 Å². The van der Waals surface area contributed by atoms with E-state index in [1.165, 1.54) is 0 Å². The molecule has 2 aliphatic rings. The Hall–Kier alpha value is -3.22. The van der Waals surface area contributed by atoms with Crippen molar-refractivity contribution < 1.29 is 9.59 Å². The van der Waals surface area contributed by atoms with Crippen LogP contribution in [0.2, 0.25) is 0 Å². The Morgan fingerprint density at radius 2 is 2.03 bits per heavy atom. The fourth-order valence-electron chi connectivity index (χ4n) is 4.96. The molecule has 0 radical (unpaired) electrons. The fourth-order valence-corrected chi connectivity index (χ4v) is 4.96. The van der Waals surface area contributed by atoms with Gasteiger partial charge < -0.3 is 10.2 Å². The minimum absolute atomic E-state index is 0.0275. The Balaban J connectivity index is 1.35. The van der Waals surface area contributed by atoms with Crippen LogP contribution in [0.3, 0.4) is 0 Å². The molecule has 5 rings (SSSR count). The molecule has 2 amide bonds. The first kappa shape index (κ1) is 18.8. The SMILES string of the molecule is Cn1nc(C(=O)N2CC(C(=O)NCc3cccnc3)C3(CCC3)C2)c2ccccc21. The van der Waals surface area contributed by atoms with Crippen LogP contribution in [0, 0.1) is 11.3 Å². The van der Waals surface area contributed by atoms with Gasteiger partial charge in [-0.3, -0.25) is 19.3 Å². The van der Waals surface area contributed by atoms with Crippen molar-refractivity contribution in [2.75, 3.05) is 13.1 Å². The van der Waals surface area contributed by atoms with E-state index in [9.17, 15) is 9.59 Å². The summed E-state index contributed by atoms with van der Waals surface area (Å²) in [5.74, 6) is -0.234. The maximum Gasteiger partial charge on any atom is 0.275 e. The molecular formula is C23H25N5O2. The summed E-state index contributed by atoms with van der Waals surface area (Å²) in [7, 11) is 1.85. The van der Waals surface area contributed by atoms with E-state index >= 15 is 0 Å². The number of rotatable bonds is 4. The summed E-state index contributed by atoms with van der Waals surface area (Å²) in [6, 6.07) is 11.6. The van der Waals surface area contributed by atoms with Crippen molar-refractivity contribution in [3.63, 3.8) is 0 Å². The molecule has 1 atom stereocenters. The van der Waals surface area contributed by atoms with Gasteiger partial charge in [0.25, 0.3) is 5.91 Å². The Morgan fingerprint density at radius 1 is 1.20 bits per heavy atom. The molecule has 3 heterocycles. The van der Waals surface area contributed by atoms with Crippen LogP contribution in [0.4, 0.5) is 0 Å². The molecular weight excluding hydrogens is 378 g/mol. The van der Waals surface area contributed by atoms with Gasteiger partial charge in [0.15, 0.2) is 5.69 Å². The molecule has 1 saturated heterocycles. The van der Waals surface area contributed by atoms with E-state index in [0.29, 0.717) is 25.3 Å². The zero-order valence-corrected chi connectivity index (χ0v) is 17.0. The predicted molar refractivity (Wildman–Crippen MR) is 112 cm³/mol. The van der Waals surface area contributed by atoms with Gasteiger partial charge in [-0.15, -0.1) is 0 Å². The van der Waals surface area contributed by atoms with Crippen molar-refractivity contribution >= 4 is 22.7 Å². The molecule has 1 unspecified atom stereocenters. The van der Waals surface area contributed by atoms with Gasteiger partial charge in [0.1, 0.15) is 0 Å². The minimum Gasteiger partial charge on any atom is -0.352 e. The second kappa shape index (κ2) is 7.23. The van der Waals surface area contributed by atoms with Crippen molar-refractivity contribution in [2.45, 2.75) is 25.8 Å². The number of aryl methyl sites for hydroxylation is 1. The van der Waals surface area contributed by atoms with Crippen LogP contribution in [-0.2, 0) is 18.4 Å². The predicted octanol–water partition coefficient (Wildman–Crippen LogP) is 2.53. The van der Waals surface area contributed by atoms with E-state index < -0.39 is 0 Å². The summed E-state index contributed by atoms with van der Waals surface area (Å²) in [6.07, 6.45) is 6.57. The molecule has 30 heavy (non-hydrogen) atoms. The molecule has 7 heteroatoms. The standard InChI is InChI=1S/C23H25N5O2/c1-27-19-8-3-2-7-17(19)20(26-27)22(30)28-14-18(23(15-28)9-5-10-23)21(29)25-13-16-6-4-11-24-12-16/h2-4,6-8,11-12,18H,5,9-10,13-15H2,1H3,(H,25,29). The number of nitrogens with one attached hydrogen (secondary N) is 1. The normalized spacial score (nSPS) is 19.8. The van der Waals surface area contributed by atoms with Crippen molar-refractivity contribution in [2.24, 2.45) is 18.4 Å². The summed E-state index contributed by atoms with van der Waals surface area (Å²) in [5.41, 5.74) is 2.28. The molecule has 1 aliphatic heterocycles. The molecule has 1 saturated carbocycles. The molecule has 2 fully saturated rings. The number of benzene rings is 1. The molecule has 1 spiro atoms. The molecule has 0 bridgehead atoms. The number of fused-ring (bicyclic) bond motifs is 1. The van der Waals surface area contributed by atoms with Gasteiger partial charge in [-0.05, 0) is 30.5 Å². The topological polar surface area (TPSA) is 80.1 Å². The largest absolute Gasteiger partial charge is 0.352 e. The average molecular weight is 403 g/mol. The van der Waals surface area contributed by atoms with Crippen LogP contribution in [0.1, 0.15) is 35.3 Å². The number of carbonyl (C=O) groups excluding carboxylic acids is 2. The molecule has 7 nitrogen and oxygen atoms in total. The monoisotopic (exact) mass is 403 g/mol. The number of likely N-dealkylation sites (tertiary alicyclic amines) is 1. The highest BCUT2D eigenvalue weighted by Gasteiger charge is 2.54. The molecule has 1 aliphatic carbocycles. The third-order valence-corrected chi connectivity index (χ3v) is 6.75. The minimum atomic E-state index is -0.179. The number of hydrogen-bond acceptors (Lipinski definition) is 4. The summed E-state index contributed by atoms with van der Waals surface area (Å²) in [4.78, 5) is 32.4. The molecule has 1 aromatic carbocycles. The summed E-state index contributed by atoms with van der Waals surface area (Å²) >= 11 is 0. The smallest absolute Gasteiger partial charge is 0.275 e. The van der Waals surface area contributed by atoms with Crippen LogP contribution >= 0.6 is 0 Å². The maximum absolute atomic E-state index is 13.4. The summed E-state index contributed by atoms with van der Waals surface area (Å²) in [6.45, 7) is 1.53. The second-order valence-corrected chi connectivity index (χ2v) is 8.52. The van der Waals surface area contributed by atoms with Crippen molar-refractivity contribution in [1.82, 2.24) is 25.0 Å². The second-order valence-electron chi connectivity index (χ2n) is 8.52. The average Bonchev–Trinajstić information content (AvgIpc) is 3.32. The molecule has 154 valence electrons. The lowest BCUT2D eigenvalue weighted by Gasteiger charge is -2.41. The van der Waals surface area contributed by atoms with Gasteiger partial charge in [0.2, 0.25) is 5.91 Å². The van der Waals surface area contributed by atoms with Gasteiger partial charge in [-0.25, -0.2) is 0 Å². The van der Waals surface area contributed by atoms with Gasteiger partial charge in [0.05, 0.1) is 11.4 Å². The van der Waals surface area contributed by atoms with Crippen LogP contribution < -0.4 is 5.32 Å². The third kappa shape index (κ3) is 3.05. The highest BCUT2D eigenvalue weighted by atomic mass is 16.2. The highest BCUT2D eigenvalue weighted by molar-refractivity contribution is 6.05. The Morgan fingerprint density at radius 3 is 2.77 bits per heavy atom. The quantitative estimate of drug-likeness (QED) is 0.726. The van der Waals surface area contributed by atoms with E-state index in [1.54, 1.807) is 17.1 Å². The van der Waals surface area contributed by atoms with Gasteiger partial charge in [-0.1, -0.05) is 30.7 Å². The van der Waals surface area contributed by atoms with Crippen molar-refractivity contribution in [1.29, 1.82) is 0 Å². The molecule has 2 aromatic heterocycles. The lowest BCUT2D eigenvalue weighted by molar-refractivity contribution is -0.129. The Bertz CT molecular complexity index is 1100. The highest BCUT2D eigenvalue weighted by Crippen LogP contribution is 2.52. The summed E-state index contributed by atoms with van der Waals surface area (Å²) < 4.78 is 1.75. The fraction of sp³-hybridized carbons (Fsp3) is 0.391. The number of aromatic nitrogens is 3. The first-order chi connectivity index (χ1) is 14.6. The van der Waals surface area contributed by atoms with E-state index in [-0.39, 0.29) is 23.1 Å². The number of hydrogen-bond donors (Lipinski definition) is 1. The first-order valence-corrected chi connectivity index (χ1v) is 10.4. The maximum atomic E-state index is 13.4. The van der Waals surface area contributed by atoms with Gasteiger partial charge in [0, 0.05) is 49.9 Å². The number of nitrogens with zero attached hydrogens (tertiary/aromatic N) is 4. The van der Waals surface area contributed by atoms with E-state index in [1.807, 2.05) is 48.3 Å². The van der Waals surface area contributed by atoms with Crippen LogP contribution in [0.15, 0.2) is 48.8 Å². The number of amides is 2. The number of carbonyl (C=O) groups is 2. The van der Waals surface area contributed by atoms with Gasteiger partial charge in [-0.2, -0.15) is 5.10 Å². The van der Waals surface area contributed by atoms with Crippen molar-refractivity contribution in [3.05, 3.63) is 60.0 Å². The first-order valence-electron chi connectivity index (χ1n) is 10.4. The number of pyridine rings is 1. The zero-order chi connectivity index (χ0) is 20.7. The van der Waals surface area contributed by atoms with Crippen LogP contribution in [0.25, 0.3) is 10.9 Å². The third-order valence-electron chi connectivity index (χ3n) is 6.75. The van der Waals surface area contributed by atoms with E-state index in [0.717, 1.165) is 35.7 Å². The van der Waals surface area contributed by atoms with Gasteiger partial charge >= 0.3 is 0 Å². The lowest BCUT2D eigenvalue weighted by atomic mass is 9.62.